The Morgan fingerprint density at radius 2 is 1.03 bits per heavy atom. The predicted octanol–water partition coefficient (Wildman–Crippen LogP) is 6.73. The summed E-state index contributed by atoms with van der Waals surface area (Å²) < 4.78 is 0. The van der Waals surface area contributed by atoms with Crippen molar-refractivity contribution in [3.05, 3.63) is 126 Å². The molecule has 1 heterocycles. The first-order valence-electron chi connectivity index (χ1n) is 11.4. The minimum Gasteiger partial charge on any atom is -0.268 e. The minimum absolute atomic E-state index is 0.0822. The van der Waals surface area contributed by atoms with Gasteiger partial charge in [0, 0.05) is 9.79 Å². The Bertz CT molecular complexity index is 1380. The number of urea groups is 1. The van der Waals surface area contributed by atoms with Crippen LogP contribution >= 0.6 is 11.8 Å². The molecule has 4 amide bonds. The molecule has 0 aromatic heterocycles. The van der Waals surface area contributed by atoms with Crippen LogP contribution in [0.2, 0.25) is 0 Å². The number of hydrogen-bond donors (Lipinski definition) is 0. The van der Waals surface area contributed by atoms with Crippen LogP contribution < -0.4 is 9.80 Å². The molecule has 1 fully saturated rings. The Morgan fingerprint density at radius 3 is 1.50 bits per heavy atom. The van der Waals surface area contributed by atoms with Crippen molar-refractivity contribution in [1.29, 1.82) is 0 Å². The molecule has 5 rings (SSSR count). The summed E-state index contributed by atoms with van der Waals surface area (Å²) in [6, 6.07) is 32.5. The summed E-state index contributed by atoms with van der Waals surface area (Å²) >= 11 is 1.63. The molecule has 6 heteroatoms. The molecular weight excluding hydrogens is 468 g/mol. The van der Waals surface area contributed by atoms with Crippen LogP contribution in [0, 0.1) is 6.92 Å². The maximum absolute atomic E-state index is 13.4. The molecular formula is C30H22N2O3S. The molecule has 176 valence electrons. The summed E-state index contributed by atoms with van der Waals surface area (Å²) in [5.41, 5.74) is 2.61. The van der Waals surface area contributed by atoms with Gasteiger partial charge < -0.3 is 0 Å². The van der Waals surface area contributed by atoms with Crippen molar-refractivity contribution in [3.63, 3.8) is 0 Å². The van der Waals surface area contributed by atoms with Crippen molar-refractivity contribution in [2.24, 2.45) is 0 Å². The van der Waals surface area contributed by atoms with E-state index in [-0.39, 0.29) is 5.57 Å². The average molecular weight is 491 g/mol. The van der Waals surface area contributed by atoms with E-state index in [9.17, 15) is 14.4 Å². The van der Waals surface area contributed by atoms with Gasteiger partial charge in [-0.1, -0.05) is 78.0 Å². The van der Waals surface area contributed by atoms with Gasteiger partial charge in [-0.3, -0.25) is 9.59 Å². The number of carbonyl (C=O) groups excluding carboxylic acids is 3. The normalized spacial score (nSPS) is 13.8. The first kappa shape index (κ1) is 23.3. The molecule has 0 N–H and O–H groups in total. The molecule has 0 aliphatic carbocycles. The molecule has 0 saturated carbocycles. The summed E-state index contributed by atoms with van der Waals surface area (Å²) in [5.74, 6) is -1.30. The van der Waals surface area contributed by atoms with Crippen molar-refractivity contribution >= 4 is 47.1 Å². The van der Waals surface area contributed by atoms with Crippen LogP contribution in [0.3, 0.4) is 0 Å². The lowest BCUT2D eigenvalue weighted by Gasteiger charge is -2.33. The highest BCUT2D eigenvalue weighted by Crippen LogP contribution is 2.31. The lowest BCUT2D eigenvalue weighted by atomic mass is 10.0. The van der Waals surface area contributed by atoms with Crippen LogP contribution in [0.25, 0.3) is 6.08 Å². The second-order valence-corrected chi connectivity index (χ2v) is 9.42. The van der Waals surface area contributed by atoms with Crippen molar-refractivity contribution < 1.29 is 14.4 Å². The number of rotatable bonds is 5. The van der Waals surface area contributed by atoms with Gasteiger partial charge in [-0.15, -0.1) is 0 Å². The molecule has 36 heavy (non-hydrogen) atoms. The summed E-state index contributed by atoms with van der Waals surface area (Å²) in [4.78, 5) is 44.5. The Labute approximate surface area is 213 Å². The minimum atomic E-state index is -0.704. The third-order valence-corrected chi connectivity index (χ3v) is 6.74. The summed E-state index contributed by atoms with van der Waals surface area (Å²) in [7, 11) is 0. The van der Waals surface area contributed by atoms with Gasteiger partial charge in [-0.05, 0) is 67.1 Å². The highest BCUT2D eigenvalue weighted by molar-refractivity contribution is 7.99. The van der Waals surface area contributed by atoms with Crippen LogP contribution in [0.1, 0.15) is 11.1 Å². The molecule has 5 nitrogen and oxygen atoms in total. The molecule has 0 radical (unpaired) electrons. The lowest BCUT2D eigenvalue weighted by molar-refractivity contribution is -0.121. The van der Waals surface area contributed by atoms with Gasteiger partial charge in [0.15, 0.2) is 0 Å². The maximum Gasteiger partial charge on any atom is 0.343 e. The van der Waals surface area contributed by atoms with Gasteiger partial charge >= 0.3 is 6.03 Å². The molecule has 0 unspecified atom stereocenters. The van der Waals surface area contributed by atoms with Crippen molar-refractivity contribution in [3.8, 4) is 0 Å². The third kappa shape index (κ3) is 4.72. The fraction of sp³-hybridized carbons (Fsp3) is 0.0333. The van der Waals surface area contributed by atoms with Gasteiger partial charge in [0.25, 0.3) is 11.8 Å². The van der Waals surface area contributed by atoms with Gasteiger partial charge in [-0.2, -0.15) is 0 Å². The fourth-order valence-electron chi connectivity index (χ4n) is 3.88. The number of benzene rings is 4. The largest absolute Gasteiger partial charge is 0.343 e. The highest BCUT2D eigenvalue weighted by Gasteiger charge is 2.43. The number of barbiturate groups is 1. The third-order valence-electron chi connectivity index (χ3n) is 5.73. The maximum atomic E-state index is 13.4. The Balaban J connectivity index is 1.50. The molecule has 4 aromatic rings. The lowest BCUT2D eigenvalue weighted by Crippen LogP contribution is -2.57. The molecule has 4 aromatic carbocycles. The van der Waals surface area contributed by atoms with E-state index in [1.54, 1.807) is 78.5 Å². The summed E-state index contributed by atoms with van der Waals surface area (Å²) in [6.07, 6.45) is 1.54. The standard InChI is InChI=1S/C30H22N2O3S/c1-21-12-16-25(17-13-21)36-26-18-14-22(15-19-26)20-27-28(33)31(23-8-4-2-5-9-23)30(35)32(29(27)34)24-10-6-3-7-11-24/h2-20H,1H3. The number of anilines is 2. The molecule has 0 bridgehead atoms. The van der Waals surface area contributed by atoms with Crippen molar-refractivity contribution in [2.75, 3.05) is 9.80 Å². The van der Waals surface area contributed by atoms with E-state index in [4.69, 9.17) is 0 Å². The molecule has 1 aliphatic heterocycles. The number of hydrogen-bond acceptors (Lipinski definition) is 4. The number of amides is 4. The second-order valence-electron chi connectivity index (χ2n) is 8.28. The Kier molecular flexibility index (Phi) is 6.52. The van der Waals surface area contributed by atoms with Gasteiger partial charge in [0.1, 0.15) is 5.57 Å². The van der Waals surface area contributed by atoms with Gasteiger partial charge in [0.05, 0.1) is 11.4 Å². The van der Waals surface area contributed by atoms with Crippen LogP contribution in [0.4, 0.5) is 16.2 Å². The molecule has 0 atom stereocenters. The summed E-state index contributed by atoms with van der Waals surface area (Å²) in [5, 5.41) is 0. The van der Waals surface area contributed by atoms with E-state index in [1.165, 1.54) is 5.56 Å². The number of para-hydroxylation sites is 2. The number of aryl methyl sites for hydroxylation is 1. The van der Waals surface area contributed by atoms with Gasteiger partial charge in [0.2, 0.25) is 0 Å². The monoisotopic (exact) mass is 490 g/mol. The van der Waals surface area contributed by atoms with Crippen LogP contribution in [-0.4, -0.2) is 17.8 Å². The number of imide groups is 2. The first-order valence-corrected chi connectivity index (χ1v) is 12.2. The van der Waals surface area contributed by atoms with Gasteiger partial charge in [-0.25, -0.2) is 14.6 Å². The highest BCUT2D eigenvalue weighted by atomic mass is 32.2. The van der Waals surface area contributed by atoms with E-state index >= 15 is 0 Å². The Morgan fingerprint density at radius 1 is 0.583 bits per heavy atom. The van der Waals surface area contributed by atoms with Crippen molar-refractivity contribution in [1.82, 2.24) is 0 Å². The van der Waals surface area contributed by atoms with E-state index in [0.717, 1.165) is 19.6 Å². The SMILES string of the molecule is Cc1ccc(Sc2ccc(C=C3C(=O)N(c4ccccc4)C(=O)N(c4ccccc4)C3=O)cc2)cc1. The number of nitrogens with zero attached hydrogens (tertiary/aromatic N) is 2. The Hall–Kier alpha value is -4.42. The topological polar surface area (TPSA) is 57.7 Å². The quantitative estimate of drug-likeness (QED) is 0.230. The molecule has 0 spiro atoms. The molecule has 1 aliphatic rings. The second kappa shape index (κ2) is 10.1. The average Bonchev–Trinajstić information content (AvgIpc) is 2.90. The fourth-order valence-corrected chi connectivity index (χ4v) is 4.70. The zero-order chi connectivity index (χ0) is 25.1. The molecule has 1 saturated heterocycles. The van der Waals surface area contributed by atoms with Crippen molar-refractivity contribution in [2.45, 2.75) is 16.7 Å². The zero-order valence-corrected chi connectivity index (χ0v) is 20.3. The van der Waals surface area contributed by atoms with E-state index in [0.29, 0.717) is 16.9 Å². The smallest absolute Gasteiger partial charge is 0.268 e. The zero-order valence-electron chi connectivity index (χ0n) is 19.5. The van der Waals surface area contributed by atoms with E-state index in [1.807, 2.05) is 24.3 Å². The van der Waals surface area contributed by atoms with E-state index < -0.39 is 17.8 Å². The summed E-state index contributed by atoms with van der Waals surface area (Å²) in [6.45, 7) is 2.05. The first-order chi connectivity index (χ1) is 17.5. The van der Waals surface area contributed by atoms with E-state index in [2.05, 4.69) is 31.2 Å². The predicted molar refractivity (Wildman–Crippen MR) is 143 cm³/mol. The van der Waals surface area contributed by atoms with Crippen LogP contribution in [-0.2, 0) is 9.59 Å². The van der Waals surface area contributed by atoms with Crippen LogP contribution in [0.5, 0.6) is 0 Å². The number of carbonyl (C=O) groups is 3. The van der Waals surface area contributed by atoms with Crippen LogP contribution in [0.15, 0.2) is 125 Å².